The van der Waals surface area contributed by atoms with Gasteiger partial charge in [-0.15, -0.1) is 11.3 Å². The Hall–Kier alpha value is -1.79. The number of hydrogen-bond donors (Lipinski definition) is 1. The Morgan fingerprint density at radius 2 is 2.18 bits per heavy atom. The Bertz CT molecular complexity index is 639. The third-order valence-corrected chi connectivity index (χ3v) is 5.00. The smallest absolute Gasteiger partial charge is 0.255 e. The van der Waals surface area contributed by atoms with Gasteiger partial charge in [-0.1, -0.05) is 6.07 Å². The van der Waals surface area contributed by atoms with Crippen LogP contribution in [0, 0.1) is 11.7 Å². The fourth-order valence-corrected chi connectivity index (χ4v) is 3.62. The number of amides is 1. The number of pyridine rings is 1. The van der Waals surface area contributed by atoms with Crippen LogP contribution in [0.5, 0.6) is 0 Å². The molecule has 6 heteroatoms. The standard InChI is InChI=1S/C16H17FN2O2S/c17-13-8-12(9-18-10-13)16(21)19-5-3-11(4-6-19)15(20)14-2-1-7-22-14/h1-2,7-11,15,20H,3-6H2. The van der Waals surface area contributed by atoms with Crippen LogP contribution in [0.15, 0.2) is 36.0 Å². The fourth-order valence-electron chi connectivity index (χ4n) is 2.82. The highest BCUT2D eigenvalue weighted by Gasteiger charge is 2.29. The van der Waals surface area contributed by atoms with E-state index >= 15 is 0 Å². The summed E-state index contributed by atoms with van der Waals surface area (Å²) in [6.45, 7) is 1.14. The molecule has 1 atom stereocenters. The molecule has 1 aliphatic heterocycles. The highest BCUT2D eigenvalue weighted by Crippen LogP contribution is 2.33. The summed E-state index contributed by atoms with van der Waals surface area (Å²) < 4.78 is 13.2. The van der Waals surface area contributed by atoms with Gasteiger partial charge in [0.15, 0.2) is 0 Å². The third kappa shape index (κ3) is 3.18. The zero-order valence-corrected chi connectivity index (χ0v) is 12.8. The minimum Gasteiger partial charge on any atom is -0.387 e. The SMILES string of the molecule is O=C(c1cncc(F)c1)N1CCC(C(O)c2cccs2)CC1. The Morgan fingerprint density at radius 3 is 2.82 bits per heavy atom. The largest absolute Gasteiger partial charge is 0.387 e. The van der Waals surface area contributed by atoms with Gasteiger partial charge in [0.2, 0.25) is 0 Å². The molecule has 3 rings (SSSR count). The van der Waals surface area contributed by atoms with Crippen LogP contribution in [-0.2, 0) is 0 Å². The summed E-state index contributed by atoms with van der Waals surface area (Å²) in [7, 11) is 0. The second-order valence-corrected chi connectivity index (χ2v) is 6.46. The van der Waals surface area contributed by atoms with E-state index in [1.54, 1.807) is 16.2 Å². The second kappa shape index (κ2) is 6.54. The van der Waals surface area contributed by atoms with Crippen LogP contribution in [-0.4, -0.2) is 34.0 Å². The van der Waals surface area contributed by atoms with E-state index < -0.39 is 11.9 Å². The second-order valence-electron chi connectivity index (χ2n) is 5.48. The van der Waals surface area contributed by atoms with Gasteiger partial charge in [-0.2, -0.15) is 0 Å². The first kappa shape index (κ1) is 15.1. The number of nitrogens with zero attached hydrogens (tertiary/aromatic N) is 2. The van der Waals surface area contributed by atoms with Crippen molar-refractivity contribution >= 4 is 17.2 Å². The molecular weight excluding hydrogens is 303 g/mol. The molecule has 116 valence electrons. The van der Waals surface area contributed by atoms with Gasteiger partial charge >= 0.3 is 0 Å². The Labute approximate surface area is 132 Å². The van der Waals surface area contributed by atoms with Crippen molar-refractivity contribution in [2.24, 2.45) is 5.92 Å². The molecule has 0 aromatic carbocycles. The maximum atomic E-state index is 13.2. The number of aromatic nitrogens is 1. The molecule has 22 heavy (non-hydrogen) atoms. The molecule has 0 bridgehead atoms. The van der Waals surface area contributed by atoms with Crippen LogP contribution in [0.3, 0.4) is 0 Å². The van der Waals surface area contributed by atoms with Crippen molar-refractivity contribution in [1.29, 1.82) is 0 Å². The Morgan fingerprint density at radius 1 is 1.41 bits per heavy atom. The fraction of sp³-hybridized carbons (Fsp3) is 0.375. The van der Waals surface area contributed by atoms with Crippen molar-refractivity contribution in [2.45, 2.75) is 18.9 Å². The van der Waals surface area contributed by atoms with E-state index in [0.29, 0.717) is 13.1 Å². The molecule has 1 unspecified atom stereocenters. The molecule has 0 spiro atoms. The number of rotatable bonds is 3. The van der Waals surface area contributed by atoms with Crippen LogP contribution in [0.25, 0.3) is 0 Å². The van der Waals surface area contributed by atoms with E-state index in [4.69, 9.17) is 0 Å². The third-order valence-electron chi connectivity index (χ3n) is 4.06. The lowest BCUT2D eigenvalue weighted by molar-refractivity contribution is 0.0473. The molecule has 3 heterocycles. The highest BCUT2D eigenvalue weighted by molar-refractivity contribution is 7.10. The van der Waals surface area contributed by atoms with Gasteiger partial charge in [0.25, 0.3) is 5.91 Å². The predicted molar refractivity (Wildman–Crippen MR) is 82.1 cm³/mol. The topological polar surface area (TPSA) is 53.4 Å². The maximum Gasteiger partial charge on any atom is 0.255 e. The van der Waals surface area contributed by atoms with Gasteiger partial charge in [0, 0.05) is 24.2 Å². The lowest BCUT2D eigenvalue weighted by Crippen LogP contribution is -2.39. The van der Waals surface area contributed by atoms with E-state index in [2.05, 4.69) is 4.98 Å². The lowest BCUT2D eigenvalue weighted by Gasteiger charge is -2.34. The van der Waals surface area contributed by atoms with Crippen molar-refractivity contribution in [3.05, 3.63) is 52.2 Å². The zero-order valence-electron chi connectivity index (χ0n) is 12.0. The molecule has 0 saturated carbocycles. The van der Waals surface area contributed by atoms with Gasteiger partial charge in [0.1, 0.15) is 5.82 Å². The van der Waals surface area contributed by atoms with Crippen molar-refractivity contribution in [3.63, 3.8) is 0 Å². The molecule has 4 nitrogen and oxygen atoms in total. The summed E-state index contributed by atoms with van der Waals surface area (Å²) in [5.41, 5.74) is 0.275. The number of likely N-dealkylation sites (tertiary alicyclic amines) is 1. The first-order valence-corrected chi connectivity index (χ1v) is 8.14. The van der Waals surface area contributed by atoms with Gasteiger partial charge in [-0.25, -0.2) is 4.39 Å². The molecular formula is C16H17FN2O2S. The van der Waals surface area contributed by atoms with Crippen LogP contribution in [0.4, 0.5) is 4.39 Å². The Balaban J connectivity index is 1.61. The summed E-state index contributed by atoms with van der Waals surface area (Å²) >= 11 is 1.55. The molecule has 1 saturated heterocycles. The number of piperidine rings is 1. The quantitative estimate of drug-likeness (QED) is 0.946. The number of hydrogen-bond acceptors (Lipinski definition) is 4. The molecule has 0 aliphatic carbocycles. The van der Waals surface area contributed by atoms with Gasteiger partial charge in [0.05, 0.1) is 17.9 Å². The molecule has 2 aromatic heterocycles. The van der Waals surface area contributed by atoms with Gasteiger partial charge in [-0.05, 0) is 36.3 Å². The van der Waals surface area contributed by atoms with Crippen LogP contribution < -0.4 is 0 Å². The molecule has 1 N–H and O–H groups in total. The predicted octanol–water partition coefficient (Wildman–Crippen LogP) is 2.87. The van der Waals surface area contributed by atoms with E-state index in [1.165, 1.54) is 12.3 Å². The molecule has 1 aliphatic rings. The number of aliphatic hydroxyl groups excluding tert-OH is 1. The maximum absolute atomic E-state index is 13.2. The van der Waals surface area contributed by atoms with Crippen molar-refractivity contribution in [2.75, 3.05) is 13.1 Å². The summed E-state index contributed by atoms with van der Waals surface area (Å²) in [6, 6.07) is 5.08. The monoisotopic (exact) mass is 320 g/mol. The number of carbonyl (C=O) groups excluding carboxylic acids is 1. The number of thiophene rings is 1. The molecule has 0 radical (unpaired) electrons. The number of aliphatic hydroxyl groups is 1. The number of carbonyl (C=O) groups is 1. The van der Waals surface area contributed by atoms with Crippen LogP contribution >= 0.6 is 11.3 Å². The number of halogens is 1. The average molecular weight is 320 g/mol. The Kier molecular flexibility index (Phi) is 4.49. The van der Waals surface area contributed by atoms with E-state index in [1.807, 2.05) is 17.5 Å². The van der Waals surface area contributed by atoms with E-state index in [9.17, 15) is 14.3 Å². The minimum atomic E-state index is -0.506. The van der Waals surface area contributed by atoms with Crippen molar-refractivity contribution in [1.82, 2.24) is 9.88 Å². The zero-order chi connectivity index (χ0) is 15.5. The molecule has 1 fully saturated rings. The highest BCUT2D eigenvalue weighted by atomic mass is 32.1. The van der Waals surface area contributed by atoms with Crippen molar-refractivity contribution < 1.29 is 14.3 Å². The van der Waals surface area contributed by atoms with Crippen LogP contribution in [0.1, 0.15) is 34.2 Å². The summed E-state index contributed by atoms with van der Waals surface area (Å²) in [5.74, 6) is -0.543. The van der Waals surface area contributed by atoms with E-state index in [-0.39, 0.29) is 17.4 Å². The van der Waals surface area contributed by atoms with E-state index in [0.717, 1.165) is 23.9 Å². The summed E-state index contributed by atoms with van der Waals surface area (Å²) in [6.07, 6.45) is 3.49. The molecule has 1 amide bonds. The van der Waals surface area contributed by atoms with Gasteiger partial charge in [-0.3, -0.25) is 9.78 Å². The normalized spacial score (nSPS) is 17.5. The molecule has 2 aromatic rings. The minimum absolute atomic E-state index is 0.160. The summed E-state index contributed by atoms with van der Waals surface area (Å²) in [5, 5.41) is 12.3. The van der Waals surface area contributed by atoms with Crippen molar-refractivity contribution in [3.8, 4) is 0 Å². The first-order valence-electron chi connectivity index (χ1n) is 7.26. The first-order chi connectivity index (χ1) is 10.6. The summed E-state index contributed by atoms with van der Waals surface area (Å²) in [4.78, 5) is 18.7. The average Bonchev–Trinajstić information content (AvgIpc) is 3.08. The van der Waals surface area contributed by atoms with Gasteiger partial charge < -0.3 is 10.0 Å². The lowest BCUT2D eigenvalue weighted by atomic mass is 9.90. The van der Waals surface area contributed by atoms with Crippen LogP contribution in [0.2, 0.25) is 0 Å².